The molecular formula is C22H25ClN4O6. The first-order valence-corrected chi connectivity index (χ1v) is 10.2. The number of phenolic OH excluding ortho intramolecular Hbond substituents is 1. The van der Waals surface area contributed by atoms with Gasteiger partial charge in [0.2, 0.25) is 5.91 Å². The highest BCUT2D eigenvalue weighted by molar-refractivity contribution is 6.34. The Labute approximate surface area is 195 Å². The fraction of sp³-hybridized carbons (Fsp3) is 0.273. The molecule has 0 saturated carbocycles. The number of benzene rings is 2. The van der Waals surface area contributed by atoms with Crippen LogP contribution in [-0.4, -0.2) is 52.0 Å². The fourth-order valence-electron chi connectivity index (χ4n) is 2.65. The number of carboxylic acids is 1. The third-order valence-corrected chi connectivity index (χ3v) is 4.81. The zero-order chi connectivity index (χ0) is 24.8. The number of aliphatic carboxylic acids is 1. The number of nitrogens with one attached hydrogen (secondary N) is 3. The molecule has 0 heterocycles. The minimum Gasteiger partial charge on any atom is -0.508 e. The van der Waals surface area contributed by atoms with Crippen LogP contribution in [-0.2, 0) is 16.1 Å². The van der Waals surface area contributed by atoms with E-state index in [9.17, 15) is 29.4 Å². The molecule has 0 radical (unpaired) electrons. The maximum atomic E-state index is 12.5. The van der Waals surface area contributed by atoms with Crippen molar-refractivity contribution in [3.63, 3.8) is 0 Å². The van der Waals surface area contributed by atoms with Gasteiger partial charge < -0.3 is 31.9 Å². The van der Waals surface area contributed by atoms with E-state index < -0.39 is 35.3 Å². The molecule has 0 spiro atoms. The van der Waals surface area contributed by atoms with Crippen molar-refractivity contribution in [1.82, 2.24) is 16.0 Å². The van der Waals surface area contributed by atoms with Crippen molar-refractivity contribution < 1.29 is 29.4 Å². The molecule has 2 aromatic carbocycles. The van der Waals surface area contributed by atoms with Crippen molar-refractivity contribution in [2.75, 3.05) is 6.54 Å². The second-order valence-electron chi connectivity index (χ2n) is 7.84. The smallest absolute Gasteiger partial charge is 0.328 e. The van der Waals surface area contributed by atoms with Crippen LogP contribution in [0.5, 0.6) is 5.75 Å². The van der Waals surface area contributed by atoms with Gasteiger partial charge in [-0.2, -0.15) is 0 Å². The van der Waals surface area contributed by atoms with Crippen molar-refractivity contribution >= 4 is 35.3 Å². The SMILES string of the molecule is CC(C)(N)C(=O)NC[C@H](NC(=O)c1ccc(C(=O)NCc2cccc(O)c2)cc1Cl)C(=O)O. The molecule has 0 saturated heterocycles. The van der Waals surface area contributed by atoms with Crippen molar-refractivity contribution in [3.05, 3.63) is 64.2 Å². The van der Waals surface area contributed by atoms with Gasteiger partial charge in [-0.15, -0.1) is 0 Å². The number of rotatable bonds is 9. The van der Waals surface area contributed by atoms with E-state index in [4.69, 9.17) is 17.3 Å². The monoisotopic (exact) mass is 476 g/mol. The first kappa shape index (κ1) is 25.6. The van der Waals surface area contributed by atoms with Gasteiger partial charge in [0.15, 0.2) is 0 Å². The number of halogens is 1. The first-order valence-electron chi connectivity index (χ1n) is 9.85. The molecule has 0 bridgehead atoms. The molecule has 1 atom stereocenters. The Morgan fingerprint density at radius 2 is 1.76 bits per heavy atom. The van der Waals surface area contributed by atoms with E-state index in [1.807, 2.05) is 0 Å². The van der Waals surface area contributed by atoms with Gasteiger partial charge in [0.1, 0.15) is 11.8 Å². The van der Waals surface area contributed by atoms with Crippen LogP contribution in [0.1, 0.15) is 40.1 Å². The summed E-state index contributed by atoms with van der Waals surface area (Å²) >= 11 is 6.15. The summed E-state index contributed by atoms with van der Waals surface area (Å²) in [6.07, 6.45) is 0. The Kier molecular flexibility index (Phi) is 8.38. The minimum atomic E-state index is -1.43. The lowest BCUT2D eigenvalue weighted by Gasteiger charge is -2.21. The summed E-state index contributed by atoms with van der Waals surface area (Å²) in [6.45, 7) is 2.70. The lowest BCUT2D eigenvalue weighted by molar-refractivity contribution is -0.139. The summed E-state index contributed by atoms with van der Waals surface area (Å²) in [7, 11) is 0. The van der Waals surface area contributed by atoms with Crippen LogP contribution in [0, 0.1) is 0 Å². The number of carboxylic acid groups (broad SMARTS) is 1. The number of hydrogen-bond donors (Lipinski definition) is 6. The van der Waals surface area contributed by atoms with E-state index in [0.29, 0.717) is 5.56 Å². The third-order valence-electron chi connectivity index (χ3n) is 4.49. The van der Waals surface area contributed by atoms with Crippen LogP contribution in [0.15, 0.2) is 42.5 Å². The number of amides is 3. The number of aromatic hydroxyl groups is 1. The standard InChI is InChI=1S/C22H25ClN4O6/c1-22(2,24)21(33)26-11-17(20(31)32)27-19(30)15-7-6-13(9-16(15)23)18(29)25-10-12-4-3-5-14(28)8-12/h3-9,17,28H,10-11,24H2,1-2H3,(H,25,29)(H,26,33)(H,27,30)(H,31,32)/t17-/m0/s1. The van der Waals surface area contributed by atoms with Crippen molar-refractivity contribution in [2.45, 2.75) is 32.0 Å². The number of carbonyl (C=O) groups is 4. The second-order valence-corrected chi connectivity index (χ2v) is 8.25. The van der Waals surface area contributed by atoms with Gasteiger partial charge in [0, 0.05) is 18.7 Å². The van der Waals surface area contributed by atoms with E-state index >= 15 is 0 Å². The average Bonchev–Trinajstić information content (AvgIpc) is 2.73. The molecule has 7 N–H and O–H groups in total. The molecule has 0 aromatic heterocycles. The third kappa shape index (κ3) is 7.48. The number of carbonyl (C=O) groups excluding carboxylic acids is 3. The Hall–Kier alpha value is -3.63. The summed E-state index contributed by atoms with van der Waals surface area (Å²) in [4.78, 5) is 48.2. The maximum Gasteiger partial charge on any atom is 0.328 e. The molecule has 0 aliphatic heterocycles. The highest BCUT2D eigenvalue weighted by atomic mass is 35.5. The zero-order valence-corrected chi connectivity index (χ0v) is 18.8. The van der Waals surface area contributed by atoms with Crippen LogP contribution < -0.4 is 21.7 Å². The number of nitrogens with two attached hydrogens (primary N) is 1. The van der Waals surface area contributed by atoms with Crippen molar-refractivity contribution in [1.29, 1.82) is 0 Å². The molecule has 11 heteroatoms. The fourth-order valence-corrected chi connectivity index (χ4v) is 2.92. The minimum absolute atomic E-state index is 0.0436. The lowest BCUT2D eigenvalue weighted by atomic mass is 10.1. The first-order chi connectivity index (χ1) is 15.4. The predicted molar refractivity (Wildman–Crippen MR) is 121 cm³/mol. The summed E-state index contributed by atoms with van der Waals surface area (Å²) in [5.41, 5.74) is 5.26. The number of hydrogen-bond acceptors (Lipinski definition) is 6. The Balaban J connectivity index is 2.03. The maximum absolute atomic E-state index is 12.5. The molecule has 176 valence electrons. The quantitative estimate of drug-likeness (QED) is 0.313. The van der Waals surface area contributed by atoms with E-state index in [0.717, 1.165) is 0 Å². The Morgan fingerprint density at radius 1 is 1.06 bits per heavy atom. The van der Waals surface area contributed by atoms with Gasteiger partial charge in [0.25, 0.3) is 11.8 Å². The largest absolute Gasteiger partial charge is 0.508 e. The molecule has 0 unspecified atom stereocenters. The summed E-state index contributed by atoms with van der Waals surface area (Å²) in [5, 5.41) is 26.1. The van der Waals surface area contributed by atoms with Crippen LogP contribution in [0.25, 0.3) is 0 Å². The van der Waals surface area contributed by atoms with Gasteiger partial charge in [-0.25, -0.2) is 4.79 Å². The normalized spacial score (nSPS) is 11.9. The molecule has 0 aliphatic carbocycles. The molecule has 2 rings (SSSR count). The highest BCUT2D eigenvalue weighted by Gasteiger charge is 2.26. The Morgan fingerprint density at radius 3 is 2.33 bits per heavy atom. The molecule has 0 fully saturated rings. The predicted octanol–water partition coefficient (Wildman–Crippen LogP) is 1.01. The topological polar surface area (TPSA) is 171 Å². The lowest BCUT2D eigenvalue weighted by Crippen LogP contribution is -2.54. The average molecular weight is 477 g/mol. The van der Waals surface area contributed by atoms with E-state index in [1.165, 1.54) is 44.2 Å². The summed E-state index contributed by atoms with van der Waals surface area (Å²) in [6, 6.07) is 8.92. The molecule has 0 aliphatic rings. The van der Waals surface area contributed by atoms with Gasteiger partial charge in [-0.05, 0) is 49.7 Å². The van der Waals surface area contributed by atoms with Crippen molar-refractivity contribution in [3.8, 4) is 5.75 Å². The molecule has 33 heavy (non-hydrogen) atoms. The second kappa shape index (κ2) is 10.8. The van der Waals surface area contributed by atoms with Gasteiger partial charge in [-0.1, -0.05) is 23.7 Å². The van der Waals surface area contributed by atoms with Crippen LogP contribution >= 0.6 is 11.6 Å². The Bertz CT molecular complexity index is 1070. The van der Waals surface area contributed by atoms with Gasteiger partial charge in [-0.3, -0.25) is 14.4 Å². The van der Waals surface area contributed by atoms with Crippen LogP contribution in [0.2, 0.25) is 5.02 Å². The van der Waals surface area contributed by atoms with Gasteiger partial charge >= 0.3 is 5.97 Å². The zero-order valence-electron chi connectivity index (χ0n) is 18.0. The molecule has 3 amide bonds. The van der Waals surface area contributed by atoms with Crippen LogP contribution in [0.3, 0.4) is 0 Å². The van der Waals surface area contributed by atoms with Crippen molar-refractivity contribution in [2.24, 2.45) is 5.73 Å². The summed E-state index contributed by atoms with van der Waals surface area (Å²) in [5.74, 6) is -3.12. The van der Waals surface area contributed by atoms with Crippen LogP contribution in [0.4, 0.5) is 0 Å². The molecule has 10 nitrogen and oxygen atoms in total. The van der Waals surface area contributed by atoms with E-state index in [2.05, 4.69) is 16.0 Å². The molecular weight excluding hydrogens is 452 g/mol. The van der Waals surface area contributed by atoms with Gasteiger partial charge in [0.05, 0.1) is 16.1 Å². The van der Waals surface area contributed by atoms with E-state index in [1.54, 1.807) is 12.1 Å². The highest BCUT2D eigenvalue weighted by Crippen LogP contribution is 2.19. The summed E-state index contributed by atoms with van der Waals surface area (Å²) < 4.78 is 0. The van der Waals surface area contributed by atoms with E-state index in [-0.39, 0.29) is 35.0 Å². The molecule has 2 aromatic rings. The number of phenols is 1.